The van der Waals surface area contributed by atoms with Gasteiger partial charge in [-0.15, -0.1) is 45.3 Å². The zero-order valence-electron chi connectivity index (χ0n) is 25.5. The lowest BCUT2D eigenvalue weighted by molar-refractivity contribution is 1.78. The Morgan fingerprint density at radius 1 is 0.271 bits per heavy atom. The lowest BCUT2D eigenvalue weighted by Gasteiger charge is -2.11. The maximum absolute atomic E-state index is 2.37. The minimum Gasteiger partial charge on any atom is -0.144 e. The average Bonchev–Trinajstić information content (AvgIpc) is 3.93. The van der Waals surface area contributed by atoms with Gasteiger partial charge in [0, 0.05) is 29.6 Å². The molecule has 0 bridgehead atoms. The van der Waals surface area contributed by atoms with E-state index in [4.69, 9.17) is 0 Å². The lowest BCUT2D eigenvalue weighted by Crippen LogP contribution is -1.83. The molecule has 0 N–H and O–H groups in total. The molecule has 12 aromatic rings. The highest BCUT2D eigenvalue weighted by molar-refractivity contribution is 7.36. The third-order valence-electron chi connectivity index (χ3n) is 9.87. The van der Waals surface area contributed by atoms with Gasteiger partial charge in [-0.05, 0) is 112 Å². The summed E-state index contributed by atoms with van der Waals surface area (Å²) in [5.41, 5.74) is 0. The van der Waals surface area contributed by atoms with E-state index in [1.54, 1.807) is 0 Å². The summed E-state index contributed by atoms with van der Waals surface area (Å²) in [5, 5.41) is 23.2. The molecule has 0 radical (unpaired) electrons. The Labute approximate surface area is 291 Å². The highest BCUT2D eigenvalue weighted by Crippen LogP contribution is 2.47. The molecule has 0 aliphatic heterocycles. The van der Waals surface area contributed by atoms with E-state index >= 15 is 0 Å². The summed E-state index contributed by atoms with van der Waals surface area (Å²) < 4.78 is 8.55. The maximum Gasteiger partial charge on any atom is 0.0542 e. The second kappa shape index (κ2) is 10.3. The molecule has 4 heterocycles. The fourth-order valence-electron chi connectivity index (χ4n) is 7.58. The molecular weight excluding hydrogens is 657 g/mol. The summed E-state index contributed by atoms with van der Waals surface area (Å²) in [6.07, 6.45) is 0. The van der Waals surface area contributed by atoms with Crippen molar-refractivity contribution in [1.29, 1.82) is 0 Å². The zero-order valence-corrected chi connectivity index (χ0v) is 28.8. The Balaban J connectivity index is 0.000000118. The number of rotatable bonds is 0. The van der Waals surface area contributed by atoms with Gasteiger partial charge in [-0.2, -0.15) is 0 Å². The number of thiophene rings is 4. The normalized spacial score (nSPS) is 12.2. The van der Waals surface area contributed by atoms with Crippen molar-refractivity contribution < 1.29 is 0 Å². The van der Waals surface area contributed by atoms with E-state index in [0.29, 0.717) is 0 Å². The SMILES string of the molecule is c1cc2cc3c(cc2s1)sc1c2cc4ccsc4cc2sc31.c1ccc2c(c1)ccc1c2ccc2c3ccc4ccccc4c3ccc12. The molecule has 0 spiro atoms. The first-order valence-corrected chi connectivity index (χ1v) is 19.4. The minimum absolute atomic E-state index is 1.30. The van der Waals surface area contributed by atoms with Crippen molar-refractivity contribution >= 4 is 149 Å². The Hall–Kier alpha value is -4.84. The van der Waals surface area contributed by atoms with Crippen LogP contribution in [0.15, 0.2) is 144 Å². The number of hydrogen-bond donors (Lipinski definition) is 0. The maximum atomic E-state index is 2.37. The van der Waals surface area contributed by atoms with Gasteiger partial charge in [0.15, 0.2) is 0 Å². The fourth-order valence-corrected chi connectivity index (χ4v) is 12.0. The second-order valence-corrected chi connectivity index (χ2v) is 16.5. The Morgan fingerprint density at radius 3 is 1.12 bits per heavy atom. The largest absolute Gasteiger partial charge is 0.144 e. The van der Waals surface area contributed by atoms with E-state index in [0.717, 1.165) is 0 Å². The molecule has 0 amide bonds. The summed E-state index contributed by atoms with van der Waals surface area (Å²) in [4.78, 5) is 0. The summed E-state index contributed by atoms with van der Waals surface area (Å²) in [6, 6.07) is 49.4. The fraction of sp³-hybridized carbons (Fsp3) is 0. The molecule has 0 saturated heterocycles. The number of hydrogen-bond acceptors (Lipinski definition) is 4. The Morgan fingerprint density at radius 2 is 0.667 bits per heavy atom. The van der Waals surface area contributed by atoms with E-state index in [9.17, 15) is 0 Å². The van der Waals surface area contributed by atoms with Crippen LogP contribution in [0.2, 0.25) is 0 Å². The van der Waals surface area contributed by atoms with Gasteiger partial charge in [0.2, 0.25) is 0 Å². The molecule has 4 heteroatoms. The summed E-state index contributed by atoms with van der Waals surface area (Å²) in [6.45, 7) is 0. The van der Waals surface area contributed by atoms with Gasteiger partial charge >= 0.3 is 0 Å². The van der Waals surface area contributed by atoms with Crippen molar-refractivity contribution in [3.05, 3.63) is 144 Å². The average molecular weight is 681 g/mol. The molecule has 224 valence electrons. The van der Waals surface area contributed by atoms with E-state index in [2.05, 4.69) is 144 Å². The van der Waals surface area contributed by atoms with Crippen LogP contribution in [0.4, 0.5) is 0 Å². The Kier molecular flexibility index (Phi) is 5.84. The monoisotopic (exact) mass is 680 g/mol. The predicted molar refractivity (Wildman–Crippen MR) is 219 cm³/mol. The first-order chi connectivity index (χ1) is 23.8. The van der Waals surface area contributed by atoms with Crippen LogP contribution in [0.5, 0.6) is 0 Å². The van der Waals surface area contributed by atoms with Gasteiger partial charge in [-0.1, -0.05) is 97.1 Å². The molecule has 12 rings (SSSR count). The predicted octanol–water partition coefficient (Wildman–Crippen LogP) is 15.2. The third kappa shape index (κ3) is 3.98. The van der Waals surface area contributed by atoms with Gasteiger partial charge in [0.05, 0.1) is 9.40 Å². The Bertz CT molecular complexity index is 3020. The third-order valence-corrected chi connectivity index (χ3v) is 14.1. The van der Waals surface area contributed by atoms with E-state index in [1.165, 1.54) is 104 Å². The number of benzene rings is 8. The molecule has 0 aliphatic carbocycles. The van der Waals surface area contributed by atoms with Crippen LogP contribution >= 0.6 is 45.3 Å². The molecule has 0 atom stereocenters. The number of fused-ring (bicyclic) bond motifs is 16. The van der Waals surface area contributed by atoms with Gasteiger partial charge in [0.25, 0.3) is 0 Å². The molecule has 0 fully saturated rings. The van der Waals surface area contributed by atoms with Crippen LogP contribution in [-0.2, 0) is 0 Å². The molecule has 0 unspecified atom stereocenters. The minimum atomic E-state index is 1.30. The molecule has 4 aromatic heterocycles. The van der Waals surface area contributed by atoms with E-state index in [-0.39, 0.29) is 0 Å². The highest BCUT2D eigenvalue weighted by atomic mass is 32.1. The first-order valence-electron chi connectivity index (χ1n) is 16.0. The van der Waals surface area contributed by atoms with Crippen LogP contribution in [0.3, 0.4) is 0 Å². The van der Waals surface area contributed by atoms with Crippen molar-refractivity contribution in [3.63, 3.8) is 0 Å². The van der Waals surface area contributed by atoms with Crippen molar-refractivity contribution in [3.8, 4) is 0 Å². The van der Waals surface area contributed by atoms with Gasteiger partial charge in [0.1, 0.15) is 0 Å². The van der Waals surface area contributed by atoms with Crippen LogP contribution in [0.1, 0.15) is 0 Å². The van der Waals surface area contributed by atoms with Crippen molar-refractivity contribution in [2.45, 2.75) is 0 Å². The molecule has 0 aliphatic rings. The lowest BCUT2D eigenvalue weighted by atomic mass is 9.93. The molecule has 48 heavy (non-hydrogen) atoms. The molecule has 8 aromatic carbocycles. The van der Waals surface area contributed by atoms with Crippen LogP contribution in [0.25, 0.3) is 104 Å². The van der Waals surface area contributed by atoms with E-state index in [1.807, 2.05) is 45.3 Å². The van der Waals surface area contributed by atoms with Crippen LogP contribution in [0, 0.1) is 0 Å². The van der Waals surface area contributed by atoms with Gasteiger partial charge < -0.3 is 0 Å². The van der Waals surface area contributed by atoms with Crippen molar-refractivity contribution in [1.82, 2.24) is 0 Å². The molecular formula is C44H24S4. The van der Waals surface area contributed by atoms with Gasteiger partial charge in [-0.3, -0.25) is 0 Å². The quantitative estimate of drug-likeness (QED) is 0.140. The van der Waals surface area contributed by atoms with E-state index < -0.39 is 0 Å². The molecule has 0 nitrogen and oxygen atoms in total. The standard InChI is InChI=1S/C26H16.C18H8S4/c1-3-7-19-17(5-1)9-11-23-21(19)13-15-26-24-12-10-18-6-2-4-8-20(18)22(24)14-16-25(23)26;1-3-19-13-7-15-11(5-9(1)13)17-18(21-15)12-6-10-2-4-20-14(10)8-16(12)22-17/h1-16H;1-8H. The summed E-state index contributed by atoms with van der Waals surface area (Å²) >= 11 is 7.56. The molecule has 0 saturated carbocycles. The topological polar surface area (TPSA) is 0 Å². The van der Waals surface area contributed by atoms with Crippen LogP contribution in [-0.4, -0.2) is 0 Å². The highest BCUT2D eigenvalue weighted by Gasteiger charge is 2.14. The first kappa shape index (κ1) is 27.1. The summed E-state index contributed by atoms with van der Waals surface area (Å²) in [5.74, 6) is 0. The van der Waals surface area contributed by atoms with Crippen molar-refractivity contribution in [2.75, 3.05) is 0 Å². The zero-order chi connectivity index (χ0) is 31.3. The summed E-state index contributed by atoms with van der Waals surface area (Å²) in [7, 11) is 0. The smallest absolute Gasteiger partial charge is 0.0542 e. The van der Waals surface area contributed by atoms with Crippen molar-refractivity contribution in [2.24, 2.45) is 0 Å². The van der Waals surface area contributed by atoms with Crippen LogP contribution < -0.4 is 0 Å². The second-order valence-electron chi connectivity index (χ2n) is 12.5. The van der Waals surface area contributed by atoms with Gasteiger partial charge in [-0.25, -0.2) is 0 Å².